The quantitative estimate of drug-likeness (QED) is 0.661. The van der Waals surface area contributed by atoms with E-state index in [0.717, 1.165) is 6.42 Å². The van der Waals surface area contributed by atoms with Crippen LogP contribution in [-0.4, -0.2) is 11.2 Å². The van der Waals surface area contributed by atoms with E-state index in [1.807, 2.05) is 0 Å². The van der Waals surface area contributed by atoms with Crippen LogP contribution in [0.15, 0.2) is 0 Å². The van der Waals surface area contributed by atoms with Crippen molar-refractivity contribution in [2.75, 3.05) is 0 Å². The molecule has 0 aliphatic heterocycles. The summed E-state index contributed by atoms with van der Waals surface area (Å²) in [6, 6.07) is -0.337. The van der Waals surface area contributed by atoms with Gasteiger partial charge in [0.25, 0.3) is 0 Å². The molecule has 2 nitrogen and oxygen atoms in total. The molecule has 2 N–H and O–H groups in total. The smallest absolute Gasteiger partial charge is 0.202 e. The summed E-state index contributed by atoms with van der Waals surface area (Å²) in [5, 5.41) is -0.166. The van der Waals surface area contributed by atoms with Crippen molar-refractivity contribution < 1.29 is 4.79 Å². The monoisotopic (exact) mass is 187 g/mol. The van der Waals surface area contributed by atoms with Gasteiger partial charge in [-0.15, -0.1) is 12.6 Å². The molecule has 3 heteroatoms. The molecule has 0 radical (unpaired) electrons. The first-order chi connectivity index (χ1) is 5.70. The SMILES string of the molecule is N[C@@H](CC1CCCCC1)C(=O)S. The first-order valence-corrected chi connectivity index (χ1v) is 5.13. The van der Waals surface area contributed by atoms with E-state index in [9.17, 15) is 4.79 Å². The Kier molecular flexibility index (Phi) is 4.09. The lowest BCUT2D eigenvalue weighted by molar-refractivity contribution is -0.112. The van der Waals surface area contributed by atoms with Gasteiger partial charge in [-0.05, 0) is 12.3 Å². The summed E-state index contributed by atoms with van der Waals surface area (Å²) < 4.78 is 0. The first kappa shape index (κ1) is 10.1. The second kappa shape index (κ2) is 4.87. The fourth-order valence-corrected chi connectivity index (χ4v) is 1.99. The van der Waals surface area contributed by atoms with E-state index in [1.54, 1.807) is 0 Å². The lowest BCUT2D eigenvalue weighted by Gasteiger charge is -2.23. The molecule has 12 heavy (non-hydrogen) atoms. The number of rotatable bonds is 3. The lowest BCUT2D eigenvalue weighted by atomic mass is 9.85. The molecule has 0 bridgehead atoms. The molecule has 0 aromatic heterocycles. The molecule has 1 aliphatic rings. The molecule has 1 fully saturated rings. The zero-order valence-electron chi connectivity index (χ0n) is 7.33. The minimum atomic E-state index is -0.337. The fourth-order valence-electron chi connectivity index (χ4n) is 1.88. The molecule has 0 saturated heterocycles. The highest BCUT2D eigenvalue weighted by atomic mass is 32.1. The van der Waals surface area contributed by atoms with E-state index in [2.05, 4.69) is 12.6 Å². The van der Waals surface area contributed by atoms with E-state index in [4.69, 9.17) is 5.73 Å². The van der Waals surface area contributed by atoms with Gasteiger partial charge in [-0.1, -0.05) is 32.1 Å². The Morgan fingerprint density at radius 2 is 2.00 bits per heavy atom. The normalized spacial score (nSPS) is 22.2. The maximum atomic E-state index is 10.8. The molecule has 70 valence electrons. The van der Waals surface area contributed by atoms with Gasteiger partial charge in [0.05, 0.1) is 6.04 Å². The van der Waals surface area contributed by atoms with Gasteiger partial charge in [0.1, 0.15) is 0 Å². The van der Waals surface area contributed by atoms with Gasteiger partial charge in [0.2, 0.25) is 5.12 Å². The standard InChI is InChI=1S/C9H17NOS/c10-8(9(11)12)6-7-4-2-1-3-5-7/h7-8H,1-6,10H2,(H,11,12)/t8-/m0/s1. The van der Waals surface area contributed by atoms with E-state index in [-0.39, 0.29) is 11.2 Å². The summed E-state index contributed by atoms with van der Waals surface area (Å²) in [5.74, 6) is 0.671. The van der Waals surface area contributed by atoms with Crippen LogP contribution < -0.4 is 5.73 Å². The predicted molar refractivity (Wildman–Crippen MR) is 53.2 cm³/mol. The molecule has 0 aromatic carbocycles. The van der Waals surface area contributed by atoms with E-state index >= 15 is 0 Å². The number of thiol groups is 1. The number of carbonyl (C=O) groups excluding carboxylic acids is 1. The molecule has 1 aliphatic carbocycles. The van der Waals surface area contributed by atoms with Crippen LogP contribution in [0, 0.1) is 5.92 Å². The first-order valence-electron chi connectivity index (χ1n) is 4.68. The van der Waals surface area contributed by atoms with Gasteiger partial charge in [-0.3, -0.25) is 4.79 Å². The predicted octanol–water partition coefficient (Wildman–Crippen LogP) is 1.74. The summed E-state index contributed by atoms with van der Waals surface area (Å²) in [4.78, 5) is 10.8. The third-order valence-electron chi connectivity index (χ3n) is 2.63. The van der Waals surface area contributed by atoms with Gasteiger partial charge in [-0.25, -0.2) is 0 Å². The number of hydrogen-bond acceptors (Lipinski definition) is 2. The Bertz CT molecular complexity index is 155. The Morgan fingerprint density at radius 3 is 2.50 bits per heavy atom. The second-order valence-corrected chi connectivity index (χ2v) is 4.13. The molecule has 0 amide bonds. The van der Waals surface area contributed by atoms with Crippen LogP contribution in [0.1, 0.15) is 38.5 Å². The number of hydrogen-bond donors (Lipinski definition) is 2. The maximum absolute atomic E-state index is 10.8. The number of nitrogens with two attached hydrogens (primary N) is 1. The third kappa shape index (κ3) is 3.15. The highest BCUT2D eigenvalue weighted by Gasteiger charge is 2.18. The van der Waals surface area contributed by atoms with E-state index < -0.39 is 0 Å². The average Bonchev–Trinajstić information content (AvgIpc) is 2.06. The van der Waals surface area contributed by atoms with Crippen LogP contribution in [0.5, 0.6) is 0 Å². The van der Waals surface area contributed by atoms with Crippen molar-refractivity contribution in [1.29, 1.82) is 0 Å². The van der Waals surface area contributed by atoms with Gasteiger partial charge >= 0.3 is 0 Å². The van der Waals surface area contributed by atoms with Crippen molar-refractivity contribution in [1.82, 2.24) is 0 Å². The maximum Gasteiger partial charge on any atom is 0.202 e. The molecule has 0 aromatic rings. The highest BCUT2D eigenvalue weighted by Crippen LogP contribution is 2.27. The summed E-state index contributed by atoms with van der Waals surface area (Å²) >= 11 is 3.73. The van der Waals surface area contributed by atoms with Gasteiger partial charge < -0.3 is 5.73 Å². The molecular formula is C9H17NOS. The van der Waals surface area contributed by atoms with Crippen LogP contribution >= 0.6 is 12.6 Å². The molecule has 1 saturated carbocycles. The lowest BCUT2D eigenvalue weighted by Crippen LogP contribution is -2.30. The fraction of sp³-hybridized carbons (Fsp3) is 0.889. The minimum absolute atomic E-state index is 0.166. The van der Waals surface area contributed by atoms with E-state index in [0.29, 0.717) is 5.92 Å². The van der Waals surface area contributed by atoms with Crippen LogP contribution in [0.3, 0.4) is 0 Å². The molecule has 1 rings (SSSR count). The van der Waals surface area contributed by atoms with Crippen molar-refractivity contribution in [2.24, 2.45) is 11.7 Å². The minimum Gasteiger partial charge on any atom is -0.321 e. The van der Waals surface area contributed by atoms with Crippen LogP contribution in [0.2, 0.25) is 0 Å². The summed E-state index contributed by atoms with van der Waals surface area (Å²) in [7, 11) is 0. The van der Waals surface area contributed by atoms with Crippen molar-refractivity contribution in [3.05, 3.63) is 0 Å². The molecule has 0 spiro atoms. The van der Waals surface area contributed by atoms with Crippen molar-refractivity contribution in [3.8, 4) is 0 Å². The highest BCUT2D eigenvalue weighted by molar-refractivity contribution is 7.96. The zero-order chi connectivity index (χ0) is 8.97. The molecule has 0 unspecified atom stereocenters. The largest absolute Gasteiger partial charge is 0.321 e. The second-order valence-electron chi connectivity index (χ2n) is 3.68. The Labute approximate surface area is 79.3 Å². The third-order valence-corrected chi connectivity index (χ3v) is 2.96. The Hall–Kier alpha value is -0.0200. The summed E-state index contributed by atoms with van der Waals surface area (Å²) in [6.07, 6.45) is 7.28. The zero-order valence-corrected chi connectivity index (χ0v) is 8.22. The average molecular weight is 187 g/mol. The summed E-state index contributed by atoms with van der Waals surface area (Å²) in [5.41, 5.74) is 5.62. The van der Waals surface area contributed by atoms with Crippen molar-refractivity contribution in [2.45, 2.75) is 44.6 Å². The van der Waals surface area contributed by atoms with Crippen LogP contribution in [0.25, 0.3) is 0 Å². The van der Waals surface area contributed by atoms with Gasteiger partial charge in [0, 0.05) is 0 Å². The molecule has 1 atom stereocenters. The van der Waals surface area contributed by atoms with Gasteiger partial charge in [0.15, 0.2) is 0 Å². The van der Waals surface area contributed by atoms with E-state index in [1.165, 1.54) is 32.1 Å². The van der Waals surface area contributed by atoms with Crippen molar-refractivity contribution in [3.63, 3.8) is 0 Å². The molecular weight excluding hydrogens is 170 g/mol. The van der Waals surface area contributed by atoms with Gasteiger partial charge in [-0.2, -0.15) is 0 Å². The topological polar surface area (TPSA) is 43.1 Å². The van der Waals surface area contributed by atoms with Crippen LogP contribution in [-0.2, 0) is 4.79 Å². The number of carbonyl (C=O) groups is 1. The molecule has 0 heterocycles. The van der Waals surface area contributed by atoms with Crippen LogP contribution in [0.4, 0.5) is 0 Å². The Balaban J connectivity index is 2.24. The Morgan fingerprint density at radius 1 is 1.42 bits per heavy atom. The van der Waals surface area contributed by atoms with Crippen molar-refractivity contribution >= 4 is 17.7 Å². The summed E-state index contributed by atoms with van der Waals surface area (Å²) in [6.45, 7) is 0.